The van der Waals surface area contributed by atoms with E-state index in [0.29, 0.717) is 18.3 Å². The predicted molar refractivity (Wildman–Crippen MR) is 98.0 cm³/mol. The molecule has 4 nitrogen and oxygen atoms in total. The van der Waals surface area contributed by atoms with Gasteiger partial charge in [0.2, 0.25) is 0 Å². The minimum Gasteiger partial charge on any atom is -0.481 e. The largest absolute Gasteiger partial charge is 0.481 e. The SMILES string of the molecule is C/C=C\CCCC(=O)O.O=C1CCC(/C=C/CCCCCCO)C1. The summed E-state index contributed by atoms with van der Waals surface area (Å²) in [5, 5.41) is 16.8. The Kier molecular flexibility index (Phi) is 15.5. The van der Waals surface area contributed by atoms with Gasteiger partial charge in [0, 0.05) is 25.9 Å². The fraction of sp³-hybridized carbons (Fsp3) is 0.700. The first kappa shape index (κ1) is 22.6. The number of carboxylic acids is 1. The van der Waals surface area contributed by atoms with Gasteiger partial charge in [0.25, 0.3) is 0 Å². The highest BCUT2D eigenvalue weighted by Gasteiger charge is 2.18. The summed E-state index contributed by atoms with van der Waals surface area (Å²) < 4.78 is 0. The number of carbonyl (C=O) groups excluding carboxylic acids is 1. The van der Waals surface area contributed by atoms with Crippen molar-refractivity contribution in [1.82, 2.24) is 0 Å². The van der Waals surface area contributed by atoms with Gasteiger partial charge in [-0.25, -0.2) is 0 Å². The van der Waals surface area contributed by atoms with E-state index in [0.717, 1.165) is 51.4 Å². The van der Waals surface area contributed by atoms with Crippen LogP contribution in [0.25, 0.3) is 0 Å². The smallest absolute Gasteiger partial charge is 0.303 e. The molecule has 2 N–H and O–H groups in total. The van der Waals surface area contributed by atoms with Crippen molar-refractivity contribution in [2.45, 2.75) is 77.6 Å². The normalized spacial score (nSPS) is 17.4. The van der Waals surface area contributed by atoms with E-state index in [1.54, 1.807) is 0 Å². The molecule has 0 bridgehead atoms. The van der Waals surface area contributed by atoms with Crippen LogP contribution in [0.2, 0.25) is 0 Å². The molecule has 0 radical (unpaired) electrons. The lowest BCUT2D eigenvalue weighted by molar-refractivity contribution is -0.137. The molecule has 1 atom stereocenters. The van der Waals surface area contributed by atoms with Crippen LogP contribution < -0.4 is 0 Å². The van der Waals surface area contributed by atoms with Crippen molar-refractivity contribution >= 4 is 11.8 Å². The summed E-state index contributed by atoms with van der Waals surface area (Å²) in [6.45, 7) is 2.25. The lowest BCUT2D eigenvalue weighted by atomic mass is 10.1. The Morgan fingerprint density at radius 2 is 1.83 bits per heavy atom. The third-order valence-corrected chi connectivity index (χ3v) is 3.97. The van der Waals surface area contributed by atoms with Crippen molar-refractivity contribution < 1.29 is 19.8 Å². The number of hydrogen-bond acceptors (Lipinski definition) is 3. The van der Waals surface area contributed by atoms with Crippen LogP contribution in [0, 0.1) is 5.92 Å². The van der Waals surface area contributed by atoms with Crippen molar-refractivity contribution in [3.05, 3.63) is 24.3 Å². The molecule has 4 heteroatoms. The number of aliphatic hydroxyl groups is 1. The number of carbonyl (C=O) groups is 2. The maximum atomic E-state index is 11.0. The lowest BCUT2D eigenvalue weighted by Crippen LogP contribution is -1.92. The molecule has 0 aromatic rings. The molecule has 0 saturated heterocycles. The maximum absolute atomic E-state index is 11.0. The number of aliphatic hydroxyl groups excluding tert-OH is 1. The highest BCUT2D eigenvalue weighted by molar-refractivity contribution is 5.80. The molecular formula is C20H34O4. The van der Waals surface area contributed by atoms with Crippen molar-refractivity contribution in [3.8, 4) is 0 Å². The molecule has 24 heavy (non-hydrogen) atoms. The Balaban J connectivity index is 0.000000506. The summed E-state index contributed by atoms with van der Waals surface area (Å²) in [5.74, 6) is 0.238. The van der Waals surface area contributed by atoms with Gasteiger partial charge in [-0.2, -0.15) is 0 Å². The van der Waals surface area contributed by atoms with Gasteiger partial charge >= 0.3 is 5.97 Å². The van der Waals surface area contributed by atoms with E-state index < -0.39 is 5.97 Å². The maximum Gasteiger partial charge on any atom is 0.303 e. The summed E-state index contributed by atoms with van der Waals surface area (Å²) in [6, 6.07) is 0. The van der Waals surface area contributed by atoms with Crippen LogP contribution >= 0.6 is 0 Å². The summed E-state index contributed by atoms with van der Waals surface area (Å²) in [7, 11) is 0. The minimum atomic E-state index is -0.709. The number of carboxylic acid groups (broad SMARTS) is 1. The molecule has 0 heterocycles. The molecule has 0 aromatic heterocycles. The third kappa shape index (κ3) is 15.5. The molecule has 0 aliphatic heterocycles. The van der Waals surface area contributed by atoms with Crippen molar-refractivity contribution in [2.24, 2.45) is 5.92 Å². The summed E-state index contributed by atoms with van der Waals surface area (Å²) in [4.78, 5) is 20.9. The van der Waals surface area contributed by atoms with Crippen LogP contribution in [-0.4, -0.2) is 28.6 Å². The summed E-state index contributed by atoms with van der Waals surface area (Å²) in [5.41, 5.74) is 0. The fourth-order valence-corrected chi connectivity index (χ4v) is 2.56. The van der Waals surface area contributed by atoms with E-state index in [-0.39, 0.29) is 6.42 Å². The van der Waals surface area contributed by atoms with E-state index in [1.165, 1.54) is 12.8 Å². The molecule has 1 rings (SSSR count). The van der Waals surface area contributed by atoms with Crippen LogP contribution in [0.4, 0.5) is 0 Å². The van der Waals surface area contributed by atoms with E-state index in [2.05, 4.69) is 12.2 Å². The second-order valence-corrected chi connectivity index (χ2v) is 6.25. The number of allylic oxidation sites excluding steroid dienone is 4. The Hall–Kier alpha value is -1.42. The number of ketones is 1. The zero-order valence-electron chi connectivity index (χ0n) is 15.1. The van der Waals surface area contributed by atoms with Crippen molar-refractivity contribution in [1.29, 1.82) is 0 Å². The average Bonchev–Trinajstić information content (AvgIpc) is 2.97. The van der Waals surface area contributed by atoms with Crippen LogP contribution in [0.5, 0.6) is 0 Å². The average molecular weight is 338 g/mol. The third-order valence-electron chi connectivity index (χ3n) is 3.97. The van der Waals surface area contributed by atoms with E-state index in [1.807, 2.05) is 19.1 Å². The van der Waals surface area contributed by atoms with Gasteiger partial charge < -0.3 is 10.2 Å². The van der Waals surface area contributed by atoms with Gasteiger partial charge in [-0.1, -0.05) is 37.1 Å². The molecule has 1 unspecified atom stereocenters. The lowest BCUT2D eigenvalue weighted by Gasteiger charge is -1.99. The Labute approximate surface area is 146 Å². The second-order valence-electron chi connectivity index (χ2n) is 6.25. The van der Waals surface area contributed by atoms with Crippen molar-refractivity contribution in [2.75, 3.05) is 6.61 Å². The summed E-state index contributed by atoms with van der Waals surface area (Å²) in [6.07, 6.45) is 18.5. The van der Waals surface area contributed by atoms with Crippen molar-refractivity contribution in [3.63, 3.8) is 0 Å². The number of rotatable bonds is 11. The van der Waals surface area contributed by atoms with Gasteiger partial charge in [0.1, 0.15) is 5.78 Å². The predicted octanol–water partition coefficient (Wildman–Crippen LogP) is 4.67. The van der Waals surface area contributed by atoms with Gasteiger partial charge in [-0.05, 0) is 51.4 Å². The van der Waals surface area contributed by atoms with Gasteiger partial charge in [-0.15, -0.1) is 0 Å². The molecule has 0 spiro atoms. The second kappa shape index (κ2) is 16.4. The first-order valence-electron chi connectivity index (χ1n) is 9.22. The van der Waals surface area contributed by atoms with E-state index in [4.69, 9.17) is 10.2 Å². The number of Topliss-reactive ketones (excluding diaryl/α,β-unsaturated/α-hetero) is 1. The molecule has 1 aliphatic rings. The van der Waals surface area contributed by atoms with Crippen LogP contribution in [-0.2, 0) is 9.59 Å². The van der Waals surface area contributed by atoms with Crippen LogP contribution in [0.3, 0.4) is 0 Å². The molecule has 1 fully saturated rings. The van der Waals surface area contributed by atoms with E-state index in [9.17, 15) is 9.59 Å². The fourth-order valence-electron chi connectivity index (χ4n) is 2.56. The first-order valence-corrected chi connectivity index (χ1v) is 9.22. The summed E-state index contributed by atoms with van der Waals surface area (Å²) >= 11 is 0. The molecule has 1 aliphatic carbocycles. The number of unbranched alkanes of at least 4 members (excludes halogenated alkanes) is 5. The minimum absolute atomic E-state index is 0.282. The molecule has 0 aromatic carbocycles. The van der Waals surface area contributed by atoms with Gasteiger partial charge in [0.05, 0.1) is 0 Å². The number of aliphatic carboxylic acids is 1. The zero-order valence-corrected chi connectivity index (χ0v) is 15.1. The van der Waals surface area contributed by atoms with Crippen LogP contribution in [0.15, 0.2) is 24.3 Å². The first-order chi connectivity index (χ1) is 11.6. The Bertz CT molecular complexity index is 385. The monoisotopic (exact) mass is 338 g/mol. The Morgan fingerprint density at radius 1 is 1.12 bits per heavy atom. The topological polar surface area (TPSA) is 74.6 Å². The molecule has 0 amide bonds. The molecule has 138 valence electrons. The highest BCUT2D eigenvalue weighted by atomic mass is 16.4. The quantitative estimate of drug-likeness (QED) is 0.424. The van der Waals surface area contributed by atoms with Gasteiger partial charge in [-0.3, -0.25) is 9.59 Å². The molecular weight excluding hydrogens is 304 g/mol. The number of hydrogen-bond donors (Lipinski definition) is 2. The van der Waals surface area contributed by atoms with Gasteiger partial charge in [0.15, 0.2) is 0 Å². The highest BCUT2D eigenvalue weighted by Crippen LogP contribution is 2.23. The van der Waals surface area contributed by atoms with E-state index >= 15 is 0 Å². The Morgan fingerprint density at radius 3 is 2.42 bits per heavy atom. The molecule has 1 saturated carbocycles. The zero-order chi connectivity index (χ0) is 18.0. The standard InChI is InChI=1S/C13H22O2.C7H12O2/c14-10-6-4-2-1-3-5-7-12-8-9-13(15)11-12;1-2-3-4-5-6-7(8)9/h5,7,12,14H,1-4,6,8-11H2;2-3H,4-6H2,1H3,(H,8,9)/b7-5+;3-2-. The van der Waals surface area contributed by atoms with Crippen LogP contribution in [0.1, 0.15) is 77.6 Å².